The van der Waals surface area contributed by atoms with Crippen molar-refractivity contribution in [3.63, 3.8) is 0 Å². The Balaban J connectivity index is 1.54. The van der Waals surface area contributed by atoms with Gasteiger partial charge in [-0.3, -0.25) is 5.10 Å². The quantitative estimate of drug-likeness (QED) is 0.688. The summed E-state index contributed by atoms with van der Waals surface area (Å²) in [6.45, 7) is 2.21. The summed E-state index contributed by atoms with van der Waals surface area (Å²) < 4.78 is 32.6. The van der Waals surface area contributed by atoms with Crippen LogP contribution in [0.1, 0.15) is 29.5 Å². The Kier molecular flexibility index (Phi) is 5.18. The summed E-state index contributed by atoms with van der Waals surface area (Å²) in [5, 5.41) is 11.3. The summed E-state index contributed by atoms with van der Waals surface area (Å²) in [5.41, 5.74) is 3.38. The van der Waals surface area contributed by atoms with Crippen LogP contribution in [0.15, 0.2) is 42.6 Å². The minimum atomic E-state index is -0.515. The fourth-order valence-electron chi connectivity index (χ4n) is 3.97. The van der Waals surface area contributed by atoms with Crippen molar-refractivity contribution in [3.8, 4) is 0 Å². The first-order valence-electron chi connectivity index (χ1n) is 9.26. The predicted octanol–water partition coefficient (Wildman–Crippen LogP) is 4.01. The van der Waals surface area contributed by atoms with Crippen molar-refractivity contribution in [2.24, 2.45) is 0 Å². The Morgan fingerprint density at radius 3 is 2.63 bits per heavy atom. The van der Waals surface area contributed by atoms with Crippen LogP contribution in [0.5, 0.6) is 0 Å². The number of ether oxygens (including phenoxy) is 1. The maximum Gasteiger partial charge on any atom is 0.123 e. The van der Waals surface area contributed by atoms with Gasteiger partial charge in [-0.2, -0.15) is 5.10 Å². The number of rotatable bonds is 6. The molecule has 3 aromatic rings. The number of alkyl halides is 1. The zero-order chi connectivity index (χ0) is 18.7. The largest absolute Gasteiger partial charge is 0.376 e. The number of piperidine rings is 1. The molecule has 1 saturated heterocycles. The highest BCUT2D eigenvalue weighted by molar-refractivity contribution is 5.82. The second-order valence-electron chi connectivity index (χ2n) is 7.25. The van der Waals surface area contributed by atoms with E-state index in [2.05, 4.69) is 15.5 Å². The predicted molar refractivity (Wildman–Crippen MR) is 101 cm³/mol. The lowest BCUT2D eigenvalue weighted by Gasteiger charge is -2.38. The number of benzene rings is 2. The van der Waals surface area contributed by atoms with Crippen molar-refractivity contribution in [2.75, 3.05) is 19.7 Å². The van der Waals surface area contributed by atoms with Crippen molar-refractivity contribution in [1.82, 2.24) is 15.5 Å². The van der Waals surface area contributed by atoms with Gasteiger partial charge < -0.3 is 10.1 Å². The van der Waals surface area contributed by atoms with E-state index in [4.69, 9.17) is 4.74 Å². The molecule has 0 bridgehead atoms. The first-order valence-corrected chi connectivity index (χ1v) is 9.26. The summed E-state index contributed by atoms with van der Waals surface area (Å²) >= 11 is 0. The smallest absolute Gasteiger partial charge is 0.123 e. The van der Waals surface area contributed by atoms with E-state index in [0.29, 0.717) is 18.8 Å². The van der Waals surface area contributed by atoms with Gasteiger partial charge in [0.15, 0.2) is 0 Å². The minimum absolute atomic E-state index is 0.135. The van der Waals surface area contributed by atoms with Crippen LogP contribution in [0.3, 0.4) is 0 Å². The van der Waals surface area contributed by atoms with Gasteiger partial charge in [0.25, 0.3) is 0 Å². The molecular formula is C21H23F2N3O. The van der Waals surface area contributed by atoms with E-state index in [1.807, 2.05) is 18.2 Å². The van der Waals surface area contributed by atoms with Gasteiger partial charge in [-0.25, -0.2) is 8.78 Å². The van der Waals surface area contributed by atoms with E-state index >= 15 is 0 Å². The molecule has 2 N–H and O–H groups in total. The number of nitrogens with one attached hydrogen (secondary N) is 2. The molecule has 0 amide bonds. The highest BCUT2D eigenvalue weighted by Gasteiger charge is 2.34. The normalized spacial score (nSPS) is 16.7. The fraction of sp³-hybridized carbons (Fsp3) is 0.381. The maximum atomic E-state index is 13.4. The van der Waals surface area contributed by atoms with Gasteiger partial charge in [0.2, 0.25) is 0 Å². The molecule has 0 radical (unpaired) electrons. The number of aromatic nitrogens is 2. The van der Waals surface area contributed by atoms with Crippen molar-refractivity contribution < 1.29 is 13.5 Å². The summed E-state index contributed by atoms with van der Waals surface area (Å²) in [5.74, 6) is -0.228. The highest BCUT2D eigenvalue weighted by Crippen LogP contribution is 2.34. The standard InChI is InChI=1S/C21H23F2N3O/c22-11-15-9-16-12-25-26-20(16)17(10-15)13-27-14-21(5-7-24-8-6-21)18-1-3-19(23)4-2-18/h1-4,9-10,12,24H,5-8,11,13-14H2,(H,25,26). The van der Waals surface area contributed by atoms with Gasteiger partial charge in [-0.05, 0) is 61.3 Å². The van der Waals surface area contributed by atoms with Gasteiger partial charge in [0.1, 0.15) is 12.5 Å². The monoisotopic (exact) mass is 371 g/mol. The lowest BCUT2D eigenvalue weighted by Crippen LogP contribution is -2.43. The molecule has 0 saturated carbocycles. The molecule has 2 aromatic carbocycles. The maximum absolute atomic E-state index is 13.4. The number of H-pyrrole nitrogens is 1. The first-order chi connectivity index (χ1) is 13.2. The van der Waals surface area contributed by atoms with E-state index in [-0.39, 0.29) is 11.2 Å². The molecule has 6 heteroatoms. The molecule has 0 aliphatic carbocycles. The van der Waals surface area contributed by atoms with E-state index in [1.54, 1.807) is 12.3 Å². The molecule has 1 aliphatic heterocycles. The SMILES string of the molecule is FCc1cc(COCC2(c3ccc(F)cc3)CCNCC2)c2[nH]ncc2c1. The van der Waals surface area contributed by atoms with E-state index in [1.165, 1.54) is 12.1 Å². The third-order valence-electron chi connectivity index (χ3n) is 5.50. The van der Waals surface area contributed by atoms with Crippen LogP contribution < -0.4 is 5.32 Å². The molecule has 2 heterocycles. The van der Waals surface area contributed by atoms with E-state index < -0.39 is 6.67 Å². The lowest BCUT2D eigenvalue weighted by molar-refractivity contribution is 0.0569. The second-order valence-corrected chi connectivity index (χ2v) is 7.25. The molecular weight excluding hydrogens is 348 g/mol. The van der Waals surface area contributed by atoms with Crippen LogP contribution in [-0.2, 0) is 23.4 Å². The summed E-state index contributed by atoms with van der Waals surface area (Å²) in [6.07, 6.45) is 3.57. The Hall–Kier alpha value is -2.31. The van der Waals surface area contributed by atoms with Crippen LogP contribution in [0.4, 0.5) is 8.78 Å². The summed E-state index contributed by atoms with van der Waals surface area (Å²) in [6, 6.07) is 10.4. The molecule has 1 fully saturated rings. The van der Waals surface area contributed by atoms with Crippen LogP contribution in [0.25, 0.3) is 10.9 Å². The Morgan fingerprint density at radius 2 is 1.89 bits per heavy atom. The average Bonchev–Trinajstić information content (AvgIpc) is 3.18. The second kappa shape index (κ2) is 7.74. The van der Waals surface area contributed by atoms with Crippen molar-refractivity contribution >= 4 is 10.9 Å². The molecule has 27 heavy (non-hydrogen) atoms. The molecule has 4 nitrogen and oxygen atoms in total. The van der Waals surface area contributed by atoms with Crippen molar-refractivity contribution in [2.45, 2.75) is 31.5 Å². The van der Waals surface area contributed by atoms with Crippen LogP contribution >= 0.6 is 0 Å². The highest BCUT2D eigenvalue weighted by atomic mass is 19.1. The topological polar surface area (TPSA) is 49.9 Å². The van der Waals surface area contributed by atoms with Crippen molar-refractivity contribution in [3.05, 3.63) is 65.1 Å². The number of nitrogens with zero attached hydrogens (tertiary/aromatic N) is 1. The number of halogens is 2. The third-order valence-corrected chi connectivity index (χ3v) is 5.50. The van der Waals surface area contributed by atoms with Gasteiger partial charge in [-0.1, -0.05) is 12.1 Å². The molecule has 142 valence electrons. The van der Waals surface area contributed by atoms with Gasteiger partial charge in [0.05, 0.1) is 24.9 Å². The Bertz CT molecular complexity index is 901. The van der Waals surface area contributed by atoms with Crippen molar-refractivity contribution in [1.29, 1.82) is 0 Å². The van der Waals surface area contributed by atoms with Crippen LogP contribution in [0, 0.1) is 5.82 Å². The summed E-state index contributed by atoms with van der Waals surface area (Å²) in [7, 11) is 0. The van der Waals surface area contributed by atoms with Gasteiger partial charge in [-0.15, -0.1) is 0 Å². The first kappa shape index (κ1) is 18.1. The molecule has 4 rings (SSSR count). The summed E-state index contributed by atoms with van der Waals surface area (Å²) in [4.78, 5) is 0. The zero-order valence-electron chi connectivity index (χ0n) is 15.1. The molecule has 1 aromatic heterocycles. The number of fused-ring (bicyclic) bond motifs is 1. The molecule has 1 aliphatic rings. The van der Waals surface area contributed by atoms with E-state index in [9.17, 15) is 8.78 Å². The number of aromatic amines is 1. The Labute approximate surface area is 156 Å². The van der Waals surface area contributed by atoms with Gasteiger partial charge >= 0.3 is 0 Å². The van der Waals surface area contributed by atoms with Crippen LogP contribution in [-0.4, -0.2) is 29.9 Å². The van der Waals surface area contributed by atoms with Gasteiger partial charge in [0, 0.05) is 16.4 Å². The molecule has 0 atom stereocenters. The lowest BCUT2D eigenvalue weighted by atomic mass is 9.74. The number of hydrogen-bond donors (Lipinski definition) is 2. The third kappa shape index (κ3) is 3.73. The van der Waals surface area contributed by atoms with Crippen LogP contribution in [0.2, 0.25) is 0 Å². The van der Waals surface area contributed by atoms with E-state index in [0.717, 1.165) is 48.0 Å². The fourth-order valence-corrected chi connectivity index (χ4v) is 3.97. The molecule has 0 unspecified atom stereocenters. The number of hydrogen-bond acceptors (Lipinski definition) is 3. The Morgan fingerprint density at radius 1 is 1.11 bits per heavy atom. The zero-order valence-corrected chi connectivity index (χ0v) is 15.1. The average molecular weight is 371 g/mol. The minimum Gasteiger partial charge on any atom is -0.376 e. The molecule has 0 spiro atoms.